The molecular formula is C63H102O12. The lowest BCUT2D eigenvalue weighted by Gasteiger charge is -2.40. The molecule has 12 nitrogen and oxygen atoms in total. The molecule has 6 unspecified atom stereocenters. The van der Waals surface area contributed by atoms with Gasteiger partial charge in [0, 0.05) is 19.3 Å². The highest BCUT2D eigenvalue weighted by molar-refractivity contribution is 5.74. The molecule has 0 saturated carbocycles. The van der Waals surface area contributed by atoms with Gasteiger partial charge in [0.25, 0.3) is 0 Å². The van der Waals surface area contributed by atoms with Crippen LogP contribution in [-0.4, -0.2) is 89.2 Å². The fourth-order valence-electron chi connectivity index (χ4n) is 8.19. The van der Waals surface area contributed by atoms with Crippen molar-refractivity contribution in [3.63, 3.8) is 0 Å². The molecule has 0 radical (unpaired) electrons. The van der Waals surface area contributed by atoms with Crippen LogP contribution < -0.4 is 0 Å². The van der Waals surface area contributed by atoms with Crippen molar-refractivity contribution in [3.8, 4) is 0 Å². The number of carbonyl (C=O) groups is 4. The molecule has 1 saturated heterocycles. The first-order valence-electron chi connectivity index (χ1n) is 29.2. The number of aliphatic hydroxyl groups is 2. The molecule has 1 rings (SSSR count). The lowest BCUT2D eigenvalue weighted by atomic mass is 9.98. The minimum Gasteiger partial charge on any atom is -0.479 e. The second-order valence-corrected chi connectivity index (χ2v) is 19.5. The van der Waals surface area contributed by atoms with Gasteiger partial charge in [0.15, 0.2) is 24.6 Å². The van der Waals surface area contributed by atoms with Crippen molar-refractivity contribution in [3.05, 3.63) is 97.2 Å². The number of carboxylic acid groups (broad SMARTS) is 1. The van der Waals surface area contributed by atoms with E-state index in [2.05, 4.69) is 118 Å². The molecule has 0 aromatic carbocycles. The van der Waals surface area contributed by atoms with Crippen molar-refractivity contribution in [2.75, 3.05) is 13.2 Å². The number of unbranched alkanes of at least 4 members (excludes halogenated alkanes) is 18. The van der Waals surface area contributed by atoms with Crippen molar-refractivity contribution in [2.45, 2.75) is 263 Å². The molecule has 1 fully saturated rings. The maximum atomic E-state index is 13.1. The molecule has 426 valence electrons. The van der Waals surface area contributed by atoms with E-state index in [0.717, 1.165) is 141 Å². The quantitative estimate of drug-likeness (QED) is 0.0228. The molecule has 3 N–H and O–H groups in total. The Balaban J connectivity index is 2.71. The predicted molar refractivity (Wildman–Crippen MR) is 303 cm³/mol. The van der Waals surface area contributed by atoms with Crippen molar-refractivity contribution in [1.82, 2.24) is 0 Å². The molecule has 1 heterocycles. The Morgan fingerprint density at radius 2 is 0.840 bits per heavy atom. The van der Waals surface area contributed by atoms with Crippen molar-refractivity contribution >= 4 is 23.9 Å². The third-order valence-electron chi connectivity index (χ3n) is 12.6. The van der Waals surface area contributed by atoms with Gasteiger partial charge in [-0.3, -0.25) is 14.4 Å². The molecule has 75 heavy (non-hydrogen) atoms. The molecule has 0 spiro atoms. The van der Waals surface area contributed by atoms with Gasteiger partial charge in [0.05, 0.1) is 6.61 Å². The summed E-state index contributed by atoms with van der Waals surface area (Å²) in [5, 5.41) is 31.5. The van der Waals surface area contributed by atoms with Gasteiger partial charge in [-0.2, -0.15) is 0 Å². The maximum absolute atomic E-state index is 13.1. The van der Waals surface area contributed by atoms with Crippen LogP contribution in [0.3, 0.4) is 0 Å². The number of aliphatic carboxylic acids is 1. The van der Waals surface area contributed by atoms with E-state index in [1.165, 1.54) is 25.7 Å². The Morgan fingerprint density at radius 1 is 0.453 bits per heavy atom. The van der Waals surface area contributed by atoms with Gasteiger partial charge in [0.1, 0.15) is 18.8 Å². The summed E-state index contributed by atoms with van der Waals surface area (Å²) in [4.78, 5) is 51.1. The summed E-state index contributed by atoms with van der Waals surface area (Å²) >= 11 is 0. The van der Waals surface area contributed by atoms with Crippen LogP contribution in [-0.2, 0) is 42.9 Å². The Morgan fingerprint density at radius 3 is 1.31 bits per heavy atom. The Kier molecular flexibility index (Phi) is 46.2. The first-order chi connectivity index (χ1) is 36.6. The Labute approximate surface area is 453 Å². The topological polar surface area (TPSA) is 175 Å². The van der Waals surface area contributed by atoms with E-state index in [1.54, 1.807) is 0 Å². The first kappa shape index (κ1) is 68.7. The van der Waals surface area contributed by atoms with Gasteiger partial charge >= 0.3 is 23.9 Å². The zero-order valence-electron chi connectivity index (χ0n) is 46.8. The smallest absolute Gasteiger partial charge is 0.335 e. The number of carboxylic acids is 1. The highest BCUT2D eigenvalue weighted by Gasteiger charge is 2.50. The van der Waals surface area contributed by atoms with Gasteiger partial charge in [0.2, 0.25) is 0 Å². The number of ether oxygens (including phenoxy) is 5. The number of rotatable bonds is 48. The highest BCUT2D eigenvalue weighted by Crippen LogP contribution is 2.26. The number of allylic oxidation sites excluding steroid dienone is 16. The minimum atomic E-state index is -1.92. The molecule has 1 aliphatic rings. The summed E-state index contributed by atoms with van der Waals surface area (Å²) in [6, 6.07) is 0. The monoisotopic (exact) mass is 1050 g/mol. The van der Waals surface area contributed by atoms with Crippen LogP contribution >= 0.6 is 0 Å². The zero-order valence-corrected chi connectivity index (χ0v) is 46.8. The molecule has 1 aliphatic heterocycles. The SMILES string of the molecule is CC/C=C\C/C=C\C/C=C\C/C=C\CCCCCCCCC(=O)OC1C(OCC(COC(=O)CCCCC/C=C\C/C=C\C/C=C\CC)OC(=O)CCCCCCC/C=C\CCCCCC)OC(C(=O)O)C(O)C1O. The third kappa shape index (κ3) is 40.6. The van der Waals surface area contributed by atoms with Crippen LogP contribution in [0.5, 0.6) is 0 Å². The van der Waals surface area contributed by atoms with Gasteiger partial charge < -0.3 is 39.0 Å². The summed E-state index contributed by atoms with van der Waals surface area (Å²) in [6.45, 7) is 5.70. The largest absolute Gasteiger partial charge is 0.479 e. The summed E-state index contributed by atoms with van der Waals surface area (Å²) in [5.41, 5.74) is 0. The predicted octanol–water partition coefficient (Wildman–Crippen LogP) is 14.9. The van der Waals surface area contributed by atoms with Crippen LogP contribution in [0.4, 0.5) is 0 Å². The molecule has 0 aliphatic carbocycles. The highest BCUT2D eigenvalue weighted by atomic mass is 16.7. The van der Waals surface area contributed by atoms with E-state index in [9.17, 15) is 34.5 Å². The Hall–Kier alpha value is -4.36. The molecule has 0 aromatic heterocycles. The number of esters is 3. The minimum absolute atomic E-state index is 0.0362. The normalized spacial score (nSPS) is 18.9. The number of hydrogen-bond acceptors (Lipinski definition) is 11. The molecule has 0 amide bonds. The summed E-state index contributed by atoms with van der Waals surface area (Å²) < 4.78 is 28.4. The number of aliphatic hydroxyl groups excluding tert-OH is 2. The average Bonchev–Trinajstić information content (AvgIpc) is 3.39. The summed E-state index contributed by atoms with van der Waals surface area (Å²) in [5.74, 6) is -3.20. The van der Waals surface area contributed by atoms with Gasteiger partial charge in [-0.05, 0) is 116 Å². The van der Waals surface area contributed by atoms with Crippen molar-refractivity contribution in [2.24, 2.45) is 0 Å². The standard InChI is InChI=1S/C63H102O12/c1-4-7-10-13-16-19-22-25-26-27-28-29-30-33-36-39-42-45-48-51-57(66)74-61-59(68)58(67)60(62(69)70)75-63(61)72-53-54(73-56(65)50-47-44-41-38-35-32-24-21-18-15-12-9-6-3)52-71-55(64)49-46-43-40-37-34-31-23-20-17-14-11-8-5-2/h7-8,10-11,16-17,19-21,24-26,28-29,31,34,54,58-61,63,67-68H,4-6,9,12-15,18,22-23,27,30,32-33,35-53H2,1-3H3,(H,69,70)/b10-7-,11-8-,19-16-,20-17-,24-21-,26-25-,29-28-,34-31-. The van der Waals surface area contributed by atoms with Gasteiger partial charge in [-0.1, -0.05) is 189 Å². The first-order valence-corrected chi connectivity index (χ1v) is 29.2. The fraction of sp³-hybridized carbons (Fsp3) is 0.683. The lowest BCUT2D eigenvalue weighted by molar-refractivity contribution is -0.301. The molecule has 0 aromatic rings. The zero-order chi connectivity index (χ0) is 54.7. The van der Waals surface area contributed by atoms with E-state index >= 15 is 0 Å². The third-order valence-corrected chi connectivity index (χ3v) is 12.6. The van der Waals surface area contributed by atoms with Crippen LogP contribution in [0, 0.1) is 0 Å². The molecular weight excluding hydrogens is 949 g/mol. The molecule has 0 bridgehead atoms. The van der Waals surface area contributed by atoms with E-state index in [-0.39, 0.29) is 25.9 Å². The van der Waals surface area contributed by atoms with E-state index < -0.39 is 67.3 Å². The van der Waals surface area contributed by atoms with E-state index in [1.807, 2.05) is 0 Å². The van der Waals surface area contributed by atoms with Crippen LogP contribution in [0.15, 0.2) is 97.2 Å². The number of carbonyl (C=O) groups excluding carboxylic acids is 3. The van der Waals surface area contributed by atoms with Gasteiger partial charge in [-0.15, -0.1) is 0 Å². The molecule has 6 atom stereocenters. The number of hydrogen-bond donors (Lipinski definition) is 3. The van der Waals surface area contributed by atoms with E-state index in [0.29, 0.717) is 19.3 Å². The summed E-state index contributed by atoms with van der Waals surface area (Å²) in [7, 11) is 0. The van der Waals surface area contributed by atoms with E-state index in [4.69, 9.17) is 23.7 Å². The van der Waals surface area contributed by atoms with Crippen LogP contribution in [0.25, 0.3) is 0 Å². The van der Waals surface area contributed by atoms with Gasteiger partial charge in [-0.25, -0.2) is 4.79 Å². The fourth-order valence-corrected chi connectivity index (χ4v) is 8.19. The average molecular weight is 1050 g/mol. The second-order valence-electron chi connectivity index (χ2n) is 19.5. The van der Waals surface area contributed by atoms with Crippen LogP contribution in [0.1, 0.15) is 226 Å². The lowest BCUT2D eigenvalue weighted by Crippen LogP contribution is -2.61. The maximum Gasteiger partial charge on any atom is 0.335 e. The van der Waals surface area contributed by atoms with Crippen molar-refractivity contribution < 1.29 is 58.2 Å². The Bertz CT molecular complexity index is 1670. The molecule has 12 heteroatoms. The van der Waals surface area contributed by atoms with Crippen LogP contribution in [0.2, 0.25) is 0 Å². The summed E-state index contributed by atoms with van der Waals surface area (Å²) in [6.07, 6.45) is 53.8. The van der Waals surface area contributed by atoms with Crippen molar-refractivity contribution in [1.29, 1.82) is 0 Å². The second kappa shape index (κ2) is 50.5.